The lowest BCUT2D eigenvalue weighted by molar-refractivity contribution is -0.119. The first-order chi connectivity index (χ1) is 14.9. The summed E-state index contributed by atoms with van der Waals surface area (Å²) < 4.78 is 33.0. The van der Waals surface area contributed by atoms with E-state index in [2.05, 4.69) is 22.3 Å². The molecule has 1 saturated heterocycles. The maximum atomic E-state index is 12.7. The van der Waals surface area contributed by atoms with Crippen LogP contribution in [-0.4, -0.2) is 70.5 Å². The van der Waals surface area contributed by atoms with E-state index in [1.807, 2.05) is 12.1 Å². The molecule has 9 heteroatoms. The average molecular weight is 447 g/mol. The normalized spacial score (nSPS) is 15.1. The Morgan fingerprint density at radius 2 is 1.61 bits per heavy atom. The van der Waals surface area contributed by atoms with Gasteiger partial charge in [0.1, 0.15) is 6.54 Å². The summed E-state index contributed by atoms with van der Waals surface area (Å²) >= 11 is 0. The molecule has 0 radical (unpaired) electrons. The van der Waals surface area contributed by atoms with Crippen molar-refractivity contribution < 1.29 is 17.9 Å². The molecule has 1 aliphatic rings. The lowest BCUT2D eigenvalue weighted by atomic mass is 10.1. The zero-order valence-electron chi connectivity index (χ0n) is 18.0. The van der Waals surface area contributed by atoms with Crippen LogP contribution in [0.2, 0.25) is 0 Å². The summed E-state index contributed by atoms with van der Waals surface area (Å²) in [7, 11) is -0.905. The van der Waals surface area contributed by atoms with Crippen molar-refractivity contribution in [2.75, 3.05) is 51.2 Å². The number of ether oxygens (including phenoxy) is 1. The smallest absolute Gasteiger partial charge is 0.304 e. The molecule has 2 aromatic carbocycles. The van der Waals surface area contributed by atoms with E-state index < -0.39 is 10.2 Å². The summed E-state index contributed by atoms with van der Waals surface area (Å²) in [4.78, 5) is 14.9. The molecular formula is C22H30N4O4S. The third kappa shape index (κ3) is 6.51. The Morgan fingerprint density at radius 3 is 2.23 bits per heavy atom. The highest BCUT2D eigenvalue weighted by atomic mass is 32.2. The Morgan fingerprint density at radius 1 is 1.00 bits per heavy atom. The third-order valence-electron chi connectivity index (χ3n) is 5.09. The number of para-hydroxylation sites is 1. The van der Waals surface area contributed by atoms with E-state index >= 15 is 0 Å². The number of benzene rings is 2. The quantitative estimate of drug-likeness (QED) is 0.631. The van der Waals surface area contributed by atoms with Crippen LogP contribution >= 0.6 is 0 Å². The summed E-state index contributed by atoms with van der Waals surface area (Å²) in [6, 6.07) is 16.7. The number of nitrogens with zero attached hydrogens (tertiary/aromatic N) is 3. The Bertz CT molecular complexity index is 943. The van der Waals surface area contributed by atoms with Gasteiger partial charge in [-0.15, -0.1) is 0 Å². The second-order valence-electron chi connectivity index (χ2n) is 7.61. The van der Waals surface area contributed by atoms with Crippen molar-refractivity contribution in [3.8, 4) is 0 Å². The molecule has 1 heterocycles. The predicted molar refractivity (Wildman–Crippen MR) is 121 cm³/mol. The highest BCUT2D eigenvalue weighted by Gasteiger charge is 2.27. The molecule has 31 heavy (non-hydrogen) atoms. The van der Waals surface area contributed by atoms with E-state index in [0.29, 0.717) is 12.2 Å². The van der Waals surface area contributed by atoms with Crippen LogP contribution in [0.25, 0.3) is 0 Å². The van der Waals surface area contributed by atoms with Crippen molar-refractivity contribution in [2.24, 2.45) is 0 Å². The monoisotopic (exact) mass is 446 g/mol. The summed E-state index contributed by atoms with van der Waals surface area (Å²) in [6.07, 6.45) is 0. The van der Waals surface area contributed by atoms with Gasteiger partial charge in [0.25, 0.3) is 0 Å². The number of nitrogens with one attached hydrogen (secondary N) is 1. The molecule has 0 aromatic heterocycles. The molecule has 0 aliphatic carbocycles. The van der Waals surface area contributed by atoms with Crippen LogP contribution in [0.3, 0.4) is 0 Å². The molecule has 168 valence electrons. The molecule has 0 atom stereocenters. The molecule has 0 saturated carbocycles. The number of hydrogen-bond donors (Lipinski definition) is 1. The minimum atomic E-state index is -3.80. The van der Waals surface area contributed by atoms with Crippen LogP contribution in [0.5, 0.6) is 0 Å². The fraction of sp³-hybridized carbons (Fsp3) is 0.409. The van der Waals surface area contributed by atoms with Crippen molar-refractivity contribution in [3.63, 3.8) is 0 Å². The Balaban J connectivity index is 1.57. The minimum absolute atomic E-state index is 0.292. The van der Waals surface area contributed by atoms with Crippen LogP contribution < -0.4 is 9.62 Å². The first kappa shape index (κ1) is 23.2. The number of morpholine rings is 1. The van der Waals surface area contributed by atoms with Crippen LogP contribution in [0.1, 0.15) is 11.1 Å². The van der Waals surface area contributed by atoms with E-state index in [9.17, 15) is 13.2 Å². The number of amides is 1. The van der Waals surface area contributed by atoms with Gasteiger partial charge in [0.05, 0.1) is 18.9 Å². The molecule has 0 spiro atoms. The highest BCUT2D eigenvalue weighted by molar-refractivity contribution is 7.90. The van der Waals surface area contributed by atoms with Crippen LogP contribution in [0.15, 0.2) is 54.6 Å². The average Bonchev–Trinajstić information content (AvgIpc) is 2.78. The lowest BCUT2D eigenvalue weighted by Crippen LogP contribution is -2.45. The maximum Gasteiger partial charge on any atom is 0.304 e. The fourth-order valence-corrected chi connectivity index (χ4v) is 4.33. The number of anilines is 1. The molecular weight excluding hydrogens is 416 g/mol. The zero-order chi connectivity index (χ0) is 22.3. The molecule has 3 rings (SSSR count). The molecule has 0 unspecified atom stereocenters. The third-order valence-corrected chi connectivity index (χ3v) is 6.91. The second kappa shape index (κ2) is 10.7. The Hall–Kier alpha value is -2.46. The summed E-state index contributed by atoms with van der Waals surface area (Å²) in [6.45, 7) is 4.34. The van der Waals surface area contributed by atoms with Gasteiger partial charge in [-0.05, 0) is 23.3 Å². The van der Waals surface area contributed by atoms with Gasteiger partial charge in [-0.2, -0.15) is 12.7 Å². The first-order valence-corrected chi connectivity index (χ1v) is 11.7. The van der Waals surface area contributed by atoms with Crippen molar-refractivity contribution in [1.29, 1.82) is 0 Å². The van der Waals surface area contributed by atoms with Gasteiger partial charge < -0.3 is 10.1 Å². The number of carbonyl (C=O) groups is 1. The van der Waals surface area contributed by atoms with Crippen molar-refractivity contribution in [3.05, 3.63) is 65.7 Å². The van der Waals surface area contributed by atoms with E-state index in [4.69, 9.17) is 4.74 Å². The van der Waals surface area contributed by atoms with E-state index in [1.54, 1.807) is 30.3 Å². The summed E-state index contributed by atoms with van der Waals surface area (Å²) in [5.74, 6) is -0.369. The van der Waals surface area contributed by atoms with Crippen molar-refractivity contribution in [1.82, 2.24) is 14.5 Å². The molecule has 0 bridgehead atoms. The van der Waals surface area contributed by atoms with Gasteiger partial charge >= 0.3 is 10.2 Å². The van der Waals surface area contributed by atoms with Crippen molar-refractivity contribution in [2.45, 2.75) is 13.1 Å². The molecule has 1 aliphatic heterocycles. The maximum absolute atomic E-state index is 12.7. The van der Waals surface area contributed by atoms with Gasteiger partial charge in [-0.1, -0.05) is 42.5 Å². The standard InChI is InChI=1S/C22H30N4O4S/c1-24(2)31(28,29)26(21-6-4-3-5-7-21)18-22(27)23-16-19-8-10-20(11-9-19)17-25-12-14-30-15-13-25/h3-11H,12-18H2,1-2H3,(H,23,27). The number of carbonyl (C=O) groups excluding carboxylic acids is 1. The molecule has 1 fully saturated rings. The lowest BCUT2D eigenvalue weighted by Gasteiger charge is -2.27. The van der Waals surface area contributed by atoms with Gasteiger partial charge in [-0.3, -0.25) is 9.69 Å². The number of rotatable bonds is 9. The molecule has 1 amide bonds. The highest BCUT2D eigenvalue weighted by Crippen LogP contribution is 2.18. The van der Waals surface area contributed by atoms with Crippen LogP contribution in [0, 0.1) is 0 Å². The predicted octanol–water partition coefficient (Wildman–Crippen LogP) is 1.45. The Labute approximate surface area is 184 Å². The zero-order valence-corrected chi connectivity index (χ0v) is 18.8. The van der Waals surface area contributed by atoms with Gasteiger partial charge in [-0.25, -0.2) is 4.31 Å². The van der Waals surface area contributed by atoms with Crippen LogP contribution in [0.4, 0.5) is 5.69 Å². The van der Waals surface area contributed by atoms with Gasteiger partial charge in [0.2, 0.25) is 5.91 Å². The minimum Gasteiger partial charge on any atom is -0.379 e. The van der Waals surface area contributed by atoms with E-state index in [0.717, 1.165) is 47.0 Å². The van der Waals surface area contributed by atoms with Crippen LogP contribution in [-0.2, 0) is 32.8 Å². The second-order valence-corrected chi connectivity index (χ2v) is 9.68. The fourth-order valence-electron chi connectivity index (χ4n) is 3.26. The molecule has 8 nitrogen and oxygen atoms in total. The largest absolute Gasteiger partial charge is 0.379 e. The topological polar surface area (TPSA) is 82.2 Å². The van der Waals surface area contributed by atoms with E-state index in [-0.39, 0.29) is 12.5 Å². The van der Waals surface area contributed by atoms with Gasteiger partial charge in [0, 0.05) is 40.3 Å². The summed E-state index contributed by atoms with van der Waals surface area (Å²) in [5, 5.41) is 2.82. The van der Waals surface area contributed by atoms with Gasteiger partial charge in [0.15, 0.2) is 0 Å². The molecule has 2 aromatic rings. The van der Waals surface area contributed by atoms with E-state index in [1.165, 1.54) is 19.7 Å². The number of hydrogen-bond acceptors (Lipinski definition) is 5. The molecule has 1 N–H and O–H groups in total. The first-order valence-electron chi connectivity index (χ1n) is 10.3. The summed E-state index contributed by atoms with van der Waals surface area (Å²) in [5.41, 5.74) is 2.61. The van der Waals surface area contributed by atoms with Crippen molar-refractivity contribution >= 4 is 21.8 Å². The Kier molecular flexibility index (Phi) is 8.03. The SMILES string of the molecule is CN(C)S(=O)(=O)N(CC(=O)NCc1ccc(CN2CCOCC2)cc1)c1ccccc1.